The van der Waals surface area contributed by atoms with Gasteiger partial charge in [-0.3, -0.25) is 4.90 Å². The topological polar surface area (TPSA) is 62.7 Å². The van der Waals surface area contributed by atoms with Crippen LogP contribution in [0.15, 0.2) is 5.38 Å². The summed E-state index contributed by atoms with van der Waals surface area (Å²) in [5.41, 5.74) is 0.855. The molecule has 2 unspecified atom stereocenters. The Balaban J connectivity index is 1.64. The van der Waals surface area contributed by atoms with Gasteiger partial charge in [0.1, 0.15) is 0 Å². The van der Waals surface area contributed by atoms with E-state index >= 15 is 0 Å². The lowest BCUT2D eigenvalue weighted by atomic mass is 10.2. The van der Waals surface area contributed by atoms with Gasteiger partial charge in [-0.25, -0.2) is 9.78 Å². The van der Waals surface area contributed by atoms with Crippen LogP contribution >= 0.6 is 11.3 Å². The fourth-order valence-electron chi connectivity index (χ4n) is 2.54. The van der Waals surface area contributed by atoms with Gasteiger partial charge in [-0.2, -0.15) is 0 Å². The maximum atomic E-state index is 10.7. The first-order chi connectivity index (χ1) is 8.20. The monoisotopic (exact) mass is 254 g/mol. The average molecular weight is 254 g/mol. The Morgan fingerprint density at radius 1 is 1.53 bits per heavy atom. The number of rotatable bonds is 3. The number of aromatic carboxylic acids is 1. The van der Waals surface area contributed by atoms with Gasteiger partial charge < -0.3 is 9.84 Å². The van der Waals surface area contributed by atoms with Crippen LogP contribution in [0.3, 0.4) is 0 Å². The highest BCUT2D eigenvalue weighted by molar-refractivity contribution is 7.11. The molecule has 0 aliphatic carbocycles. The molecule has 5 nitrogen and oxygen atoms in total. The third-order valence-corrected chi connectivity index (χ3v) is 4.12. The van der Waals surface area contributed by atoms with E-state index in [1.165, 1.54) is 11.3 Å². The van der Waals surface area contributed by atoms with Gasteiger partial charge in [-0.15, -0.1) is 11.3 Å². The molecule has 92 valence electrons. The van der Waals surface area contributed by atoms with Crippen molar-refractivity contribution < 1.29 is 14.6 Å². The molecule has 3 heterocycles. The van der Waals surface area contributed by atoms with Crippen LogP contribution in [-0.4, -0.2) is 46.3 Å². The smallest absolute Gasteiger partial charge is 0.365 e. The number of likely N-dealkylation sites (tertiary alicyclic amines) is 1. The standard InChI is InChI=1S/C11H14N2O3S/c14-11(15)10-12-7(6-17-10)3-13-4-8-1-2-9(5-13)16-8/h6,8-9H,1-5H2,(H,14,15). The molecule has 2 saturated heterocycles. The lowest BCUT2D eigenvalue weighted by Crippen LogP contribution is -2.42. The number of ether oxygens (including phenoxy) is 1. The number of carboxylic acids is 1. The predicted molar refractivity (Wildman–Crippen MR) is 62.2 cm³/mol. The zero-order valence-electron chi connectivity index (χ0n) is 9.33. The fourth-order valence-corrected chi connectivity index (χ4v) is 3.18. The second kappa shape index (κ2) is 4.36. The Labute approximate surface area is 103 Å². The zero-order chi connectivity index (χ0) is 11.8. The van der Waals surface area contributed by atoms with Gasteiger partial charge in [-0.1, -0.05) is 0 Å². The maximum absolute atomic E-state index is 10.7. The number of carbonyl (C=O) groups is 1. The number of thiazole rings is 1. The molecular weight excluding hydrogens is 240 g/mol. The van der Waals surface area contributed by atoms with Crippen molar-refractivity contribution in [2.45, 2.75) is 31.6 Å². The molecule has 0 radical (unpaired) electrons. The lowest BCUT2D eigenvalue weighted by Gasteiger charge is -2.31. The van der Waals surface area contributed by atoms with Gasteiger partial charge >= 0.3 is 5.97 Å². The molecule has 2 fully saturated rings. The van der Waals surface area contributed by atoms with Crippen LogP contribution in [0.5, 0.6) is 0 Å². The largest absolute Gasteiger partial charge is 0.476 e. The molecule has 2 atom stereocenters. The van der Waals surface area contributed by atoms with Gasteiger partial charge in [0.25, 0.3) is 0 Å². The van der Waals surface area contributed by atoms with Crippen molar-refractivity contribution in [1.29, 1.82) is 0 Å². The molecule has 17 heavy (non-hydrogen) atoms. The van der Waals surface area contributed by atoms with Crippen LogP contribution in [0, 0.1) is 0 Å². The van der Waals surface area contributed by atoms with E-state index in [1.807, 2.05) is 5.38 Å². The second-order valence-corrected chi connectivity index (χ2v) is 5.46. The molecule has 1 aromatic heterocycles. The molecule has 0 aromatic carbocycles. The summed E-state index contributed by atoms with van der Waals surface area (Å²) in [6.07, 6.45) is 3.04. The molecule has 6 heteroatoms. The van der Waals surface area contributed by atoms with Crippen molar-refractivity contribution in [3.63, 3.8) is 0 Å². The number of hydrogen-bond donors (Lipinski definition) is 1. The van der Waals surface area contributed by atoms with E-state index in [2.05, 4.69) is 9.88 Å². The highest BCUT2D eigenvalue weighted by Gasteiger charge is 2.33. The molecule has 1 N–H and O–H groups in total. The summed E-state index contributed by atoms with van der Waals surface area (Å²) < 4.78 is 5.76. The minimum absolute atomic E-state index is 0.177. The summed E-state index contributed by atoms with van der Waals surface area (Å²) in [4.78, 5) is 17.2. The van der Waals surface area contributed by atoms with E-state index in [-0.39, 0.29) is 5.01 Å². The summed E-state index contributed by atoms with van der Waals surface area (Å²) in [6, 6.07) is 0. The van der Waals surface area contributed by atoms with Gasteiger partial charge in [0, 0.05) is 25.0 Å². The van der Waals surface area contributed by atoms with Crippen molar-refractivity contribution in [3.8, 4) is 0 Å². The molecular formula is C11H14N2O3S. The molecule has 1 aromatic rings. The first-order valence-electron chi connectivity index (χ1n) is 5.76. The number of nitrogens with zero attached hydrogens (tertiary/aromatic N) is 2. The van der Waals surface area contributed by atoms with Crippen LogP contribution in [-0.2, 0) is 11.3 Å². The number of hydrogen-bond acceptors (Lipinski definition) is 5. The van der Waals surface area contributed by atoms with E-state index in [0.29, 0.717) is 12.2 Å². The Bertz CT molecular complexity index is 422. The Morgan fingerprint density at radius 2 is 2.24 bits per heavy atom. The molecule has 3 rings (SSSR count). The van der Waals surface area contributed by atoms with E-state index in [9.17, 15) is 4.79 Å². The van der Waals surface area contributed by atoms with Gasteiger partial charge in [0.15, 0.2) is 0 Å². The number of morpholine rings is 1. The molecule has 2 aliphatic heterocycles. The summed E-state index contributed by atoms with van der Waals surface area (Å²) in [7, 11) is 0. The Hall–Kier alpha value is -0.980. The summed E-state index contributed by atoms with van der Waals surface area (Å²) >= 11 is 1.19. The fraction of sp³-hybridized carbons (Fsp3) is 0.636. The summed E-state index contributed by atoms with van der Waals surface area (Å²) in [6.45, 7) is 2.62. The Kier molecular flexibility index (Phi) is 2.85. The zero-order valence-corrected chi connectivity index (χ0v) is 10.2. The third-order valence-electron chi connectivity index (χ3n) is 3.24. The maximum Gasteiger partial charge on any atom is 0.365 e. The van der Waals surface area contributed by atoms with E-state index in [0.717, 1.165) is 38.2 Å². The molecule has 2 aliphatic rings. The highest BCUT2D eigenvalue weighted by Crippen LogP contribution is 2.27. The van der Waals surface area contributed by atoms with Gasteiger partial charge in [-0.05, 0) is 12.8 Å². The molecule has 2 bridgehead atoms. The normalized spacial score (nSPS) is 28.5. The minimum Gasteiger partial charge on any atom is -0.476 e. The molecule has 0 saturated carbocycles. The van der Waals surface area contributed by atoms with Crippen molar-refractivity contribution in [2.75, 3.05) is 13.1 Å². The predicted octanol–water partition coefficient (Wildman–Crippen LogP) is 1.20. The van der Waals surface area contributed by atoms with Crippen molar-refractivity contribution in [1.82, 2.24) is 9.88 Å². The Morgan fingerprint density at radius 3 is 2.82 bits per heavy atom. The summed E-state index contributed by atoms with van der Waals surface area (Å²) in [5.74, 6) is -0.941. The molecule has 0 spiro atoms. The van der Waals surface area contributed by atoms with Crippen LogP contribution in [0.2, 0.25) is 0 Å². The highest BCUT2D eigenvalue weighted by atomic mass is 32.1. The van der Waals surface area contributed by atoms with E-state index < -0.39 is 5.97 Å². The van der Waals surface area contributed by atoms with Crippen molar-refractivity contribution in [2.24, 2.45) is 0 Å². The van der Waals surface area contributed by atoms with Crippen LogP contribution in [0.4, 0.5) is 0 Å². The SMILES string of the molecule is O=C(O)c1nc(CN2CC3CCC(C2)O3)cs1. The number of fused-ring (bicyclic) bond motifs is 2. The van der Waals surface area contributed by atoms with Gasteiger partial charge in [0.2, 0.25) is 5.01 Å². The van der Waals surface area contributed by atoms with Crippen molar-refractivity contribution >= 4 is 17.3 Å². The van der Waals surface area contributed by atoms with Crippen LogP contribution in [0.25, 0.3) is 0 Å². The lowest BCUT2D eigenvalue weighted by molar-refractivity contribution is -0.0413. The average Bonchev–Trinajstić information content (AvgIpc) is 2.86. The molecule has 0 amide bonds. The third kappa shape index (κ3) is 2.34. The minimum atomic E-state index is -0.941. The van der Waals surface area contributed by atoms with Crippen LogP contribution in [0.1, 0.15) is 28.3 Å². The first kappa shape index (κ1) is 11.1. The van der Waals surface area contributed by atoms with Crippen LogP contribution < -0.4 is 0 Å². The quantitative estimate of drug-likeness (QED) is 0.878. The van der Waals surface area contributed by atoms with E-state index in [1.54, 1.807) is 0 Å². The van der Waals surface area contributed by atoms with Gasteiger partial charge in [0.05, 0.1) is 17.9 Å². The summed E-state index contributed by atoms with van der Waals surface area (Å²) in [5, 5.41) is 10.8. The van der Waals surface area contributed by atoms with E-state index in [4.69, 9.17) is 9.84 Å². The first-order valence-corrected chi connectivity index (χ1v) is 6.64. The number of carboxylic acid groups (broad SMARTS) is 1. The number of aromatic nitrogens is 1. The van der Waals surface area contributed by atoms with Crippen molar-refractivity contribution in [3.05, 3.63) is 16.1 Å². The second-order valence-electron chi connectivity index (χ2n) is 4.60.